The van der Waals surface area contributed by atoms with Crippen molar-refractivity contribution in [3.8, 4) is 5.88 Å². The molecule has 0 aliphatic rings. The summed E-state index contributed by atoms with van der Waals surface area (Å²) in [6.45, 7) is 2.88. The van der Waals surface area contributed by atoms with Gasteiger partial charge in [-0.2, -0.15) is 0 Å². The van der Waals surface area contributed by atoms with Crippen molar-refractivity contribution in [3.63, 3.8) is 0 Å². The predicted molar refractivity (Wildman–Crippen MR) is 106 cm³/mol. The van der Waals surface area contributed by atoms with E-state index >= 15 is 0 Å². The molecule has 0 saturated heterocycles. The lowest BCUT2D eigenvalue weighted by atomic mass is 10.1. The van der Waals surface area contributed by atoms with Gasteiger partial charge in [0.1, 0.15) is 11.6 Å². The van der Waals surface area contributed by atoms with E-state index in [1.165, 1.54) is 5.56 Å². The summed E-state index contributed by atoms with van der Waals surface area (Å²) in [4.78, 5) is 8.24. The fraction of sp³-hybridized carbons (Fsp3) is 0.250. The van der Waals surface area contributed by atoms with Crippen molar-refractivity contribution in [2.24, 2.45) is 10.7 Å². The minimum atomic E-state index is 0. The number of halogens is 2. The van der Waals surface area contributed by atoms with Crippen molar-refractivity contribution < 1.29 is 4.74 Å². The highest BCUT2D eigenvalue weighted by atomic mass is 127. The van der Waals surface area contributed by atoms with Crippen LogP contribution in [0.3, 0.4) is 0 Å². The number of hydrogen-bond acceptors (Lipinski definition) is 3. The quantitative estimate of drug-likeness (QED) is 0.307. The van der Waals surface area contributed by atoms with Crippen LogP contribution in [-0.2, 0) is 6.42 Å². The number of benzene rings is 1. The Bertz CT molecular complexity index is 651. The molecule has 0 fully saturated rings. The largest absolute Gasteiger partial charge is 0.475 e. The zero-order chi connectivity index (χ0) is 15.8. The van der Waals surface area contributed by atoms with Crippen LogP contribution in [0.1, 0.15) is 12.5 Å². The maximum Gasteiger partial charge on any atom is 0.232 e. The number of aromatic nitrogens is 1. The number of anilines is 1. The first-order chi connectivity index (χ1) is 10.7. The van der Waals surface area contributed by atoms with Gasteiger partial charge in [-0.25, -0.2) is 9.98 Å². The number of rotatable bonds is 6. The summed E-state index contributed by atoms with van der Waals surface area (Å²) in [5, 5.41) is 3.54. The SMILES string of the molecule is CCc1cccc(NC(N)=NCCOc2ncccc2Cl)c1.I. The van der Waals surface area contributed by atoms with Crippen LogP contribution in [-0.4, -0.2) is 24.1 Å². The lowest BCUT2D eigenvalue weighted by molar-refractivity contribution is 0.316. The van der Waals surface area contributed by atoms with Crippen molar-refractivity contribution in [1.29, 1.82) is 0 Å². The molecule has 1 aromatic carbocycles. The monoisotopic (exact) mass is 446 g/mol. The number of nitrogens with zero attached hydrogens (tertiary/aromatic N) is 2. The van der Waals surface area contributed by atoms with Gasteiger partial charge in [-0.1, -0.05) is 30.7 Å². The van der Waals surface area contributed by atoms with Crippen LogP contribution < -0.4 is 15.8 Å². The zero-order valence-electron chi connectivity index (χ0n) is 12.8. The summed E-state index contributed by atoms with van der Waals surface area (Å²) in [7, 11) is 0. The number of hydrogen-bond donors (Lipinski definition) is 2. The molecule has 2 rings (SSSR count). The predicted octanol–water partition coefficient (Wildman–Crippen LogP) is 3.72. The van der Waals surface area contributed by atoms with E-state index in [0.717, 1.165) is 12.1 Å². The first kappa shape index (κ1) is 19.5. The van der Waals surface area contributed by atoms with Crippen molar-refractivity contribution in [1.82, 2.24) is 4.98 Å². The van der Waals surface area contributed by atoms with E-state index in [1.807, 2.05) is 18.2 Å². The third kappa shape index (κ3) is 6.62. The molecule has 7 heteroatoms. The molecule has 0 radical (unpaired) electrons. The van der Waals surface area contributed by atoms with Gasteiger partial charge >= 0.3 is 0 Å². The first-order valence-corrected chi connectivity index (χ1v) is 7.46. The van der Waals surface area contributed by atoms with Gasteiger partial charge in [0.25, 0.3) is 0 Å². The lowest BCUT2D eigenvalue weighted by Gasteiger charge is -2.08. The molecule has 0 atom stereocenters. The number of ether oxygens (including phenoxy) is 1. The standard InChI is InChI=1S/C16H19ClN4O.HI/c1-2-12-5-3-6-13(11-12)21-16(18)20-9-10-22-15-14(17)7-4-8-19-15;/h3-8,11H,2,9-10H2,1H3,(H3,18,20,21);1H. The minimum Gasteiger partial charge on any atom is -0.475 e. The van der Waals surface area contributed by atoms with Gasteiger partial charge in [0.2, 0.25) is 5.88 Å². The normalized spacial score (nSPS) is 10.8. The number of aryl methyl sites for hydroxylation is 1. The van der Waals surface area contributed by atoms with Crippen molar-refractivity contribution in [3.05, 3.63) is 53.2 Å². The number of nitrogens with two attached hydrogens (primary N) is 1. The fourth-order valence-corrected chi connectivity index (χ4v) is 2.02. The molecule has 2 aromatic rings. The number of guanidine groups is 1. The molecule has 124 valence electrons. The molecule has 3 N–H and O–H groups in total. The molecule has 0 unspecified atom stereocenters. The molecule has 23 heavy (non-hydrogen) atoms. The summed E-state index contributed by atoms with van der Waals surface area (Å²) < 4.78 is 5.44. The second-order valence-corrected chi connectivity index (χ2v) is 4.99. The van der Waals surface area contributed by atoms with Crippen LogP contribution in [0, 0.1) is 0 Å². The van der Waals surface area contributed by atoms with Gasteiger partial charge in [-0.05, 0) is 36.2 Å². The van der Waals surface area contributed by atoms with Gasteiger partial charge in [0.15, 0.2) is 5.96 Å². The third-order valence-corrected chi connectivity index (χ3v) is 3.23. The van der Waals surface area contributed by atoms with Gasteiger partial charge in [-0.15, -0.1) is 24.0 Å². The van der Waals surface area contributed by atoms with Crippen LogP contribution in [0.2, 0.25) is 5.02 Å². The Kier molecular flexibility index (Phi) is 8.71. The fourth-order valence-electron chi connectivity index (χ4n) is 1.84. The third-order valence-electron chi connectivity index (χ3n) is 2.94. The summed E-state index contributed by atoms with van der Waals surface area (Å²) in [5.74, 6) is 0.755. The second-order valence-electron chi connectivity index (χ2n) is 4.58. The maximum absolute atomic E-state index is 5.94. The Morgan fingerprint density at radius 1 is 1.35 bits per heavy atom. The summed E-state index contributed by atoms with van der Waals surface area (Å²) >= 11 is 5.94. The number of aliphatic imine (C=N–C) groups is 1. The first-order valence-electron chi connectivity index (χ1n) is 7.08. The van der Waals surface area contributed by atoms with E-state index in [2.05, 4.69) is 28.3 Å². The Labute approximate surface area is 158 Å². The molecule has 0 saturated carbocycles. The Hall–Kier alpha value is -1.54. The molecule has 5 nitrogen and oxygen atoms in total. The topological polar surface area (TPSA) is 72.5 Å². The van der Waals surface area contributed by atoms with E-state index in [9.17, 15) is 0 Å². The maximum atomic E-state index is 5.94. The van der Waals surface area contributed by atoms with Crippen molar-refractivity contribution in [2.75, 3.05) is 18.5 Å². The van der Waals surface area contributed by atoms with Gasteiger partial charge in [0, 0.05) is 11.9 Å². The van der Waals surface area contributed by atoms with E-state index in [0.29, 0.717) is 30.0 Å². The van der Waals surface area contributed by atoms with E-state index in [4.69, 9.17) is 22.1 Å². The highest BCUT2D eigenvalue weighted by Gasteiger charge is 2.01. The molecular weight excluding hydrogens is 427 g/mol. The van der Waals surface area contributed by atoms with Crippen LogP contribution >= 0.6 is 35.6 Å². The van der Waals surface area contributed by atoms with Gasteiger partial charge in [0.05, 0.1) is 6.54 Å². The second kappa shape index (κ2) is 10.3. The van der Waals surface area contributed by atoms with Crippen LogP contribution in [0.25, 0.3) is 0 Å². The molecule has 1 heterocycles. The van der Waals surface area contributed by atoms with E-state index < -0.39 is 0 Å². The van der Waals surface area contributed by atoms with Gasteiger partial charge in [-0.3, -0.25) is 0 Å². The summed E-state index contributed by atoms with van der Waals surface area (Å²) in [6.07, 6.45) is 2.60. The molecule has 0 aliphatic heterocycles. The van der Waals surface area contributed by atoms with Crippen LogP contribution in [0.15, 0.2) is 47.6 Å². The van der Waals surface area contributed by atoms with Crippen LogP contribution in [0.5, 0.6) is 5.88 Å². The molecule has 1 aromatic heterocycles. The zero-order valence-corrected chi connectivity index (χ0v) is 15.9. The Morgan fingerprint density at radius 2 is 2.17 bits per heavy atom. The lowest BCUT2D eigenvalue weighted by Crippen LogP contribution is -2.23. The van der Waals surface area contributed by atoms with Gasteiger partial charge < -0.3 is 15.8 Å². The Morgan fingerprint density at radius 3 is 2.91 bits per heavy atom. The number of nitrogens with one attached hydrogen (secondary N) is 1. The average Bonchev–Trinajstić information content (AvgIpc) is 2.53. The van der Waals surface area contributed by atoms with Crippen LogP contribution in [0.4, 0.5) is 5.69 Å². The molecule has 0 spiro atoms. The smallest absolute Gasteiger partial charge is 0.232 e. The molecule has 0 amide bonds. The molecule has 0 bridgehead atoms. The number of pyridine rings is 1. The summed E-state index contributed by atoms with van der Waals surface area (Å²) in [5.41, 5.74) is 8.02. The van der Waals surface area contributed by atoms with E-state index in [-0.39, 0.29) is 24.0 Å². The summed E-state index contributed by atoms with van der Waals surface area (Å²) in [6, 6.07) is 11.5. The molecular formula is C16H20ClIN4O. The average molecular weight is 447 g/mol. The minimum absolute atomic E-state index is 0. The van der Waals surface area contributed by atoms with Crippen molar-refractivity contribution in [2.45, 2.75) is 13.3 Å². The van der Waals surface area contributed by atoms with E-state index in [1.54, 1.807) is 18.3 Å². The Balaban J connectivity index is 0.00000264. The molecule has 0 aliphatic carbocycles. The highest BCUT2D eigenvalue weighted by Crippen LogP contribution is 2.19. The highest BCUT2D eigenvalue weighted by molar-refractivity contribution is 14.0. The van der Waals surface area contributed by atoms with Crippen molar-refractivity contribution >= 4 is 47.2 Å².